The van der Waals surface area contributed by atoms with Gasteiger partial charge in [0.1, 0.15) is 0 Å². The molecule has 7 heteroatoms. The van der Waals surface area contributed by atoms with Crippen LogP contribution in [0.2, 0.25) is 0 Å². The van der Waals surface area contributed by atoms with Crippen LogP contribution in [0.3, 0.4) is 0 Å². The molecule has 0 spiro atoms. The molecule has 0 radical (unpaired) electrons. The van der Waals surface area contributed by atoms with Gasteiger partial charge in [0.05, 0.1) is 0 Å². The summed E-state index contributed by atoms with van der Waals surface area (Å²) < 4.78 is 5.46. The van der Waals surface area contributed by atoms with E-state index >= 15 is 0 Å². The van der Waals surface area contributed by atoms with Gasteiger partial charge in [-0.15, -0.1) is 0 Å². The molecule has 2 heterocycles. The Kier molecular flexibility index (Phi) is 4.80. The number of benzene rings is 1. The van der Waals surface area contributed by atoms with Crippen molar-refractivity contribution in [3.05, 3.63) is 35.7 Å². The van der Waals surface area contributed by atoms with E-state index in [1.807, 2.05) is 29.2 Å². The van der Waals surface area contributed by atoms with Crippen LogP contribution in [-0.4, -0.2) is 53.2 Å². The second-order valence-corrected chi connectivity index (χ2v) is 6.30. The quantitative estimate of drug-likeness (QED) is 0.931. The molecule has 2 amide bonds. The lowest BCUT2D eigenvalue weighted by atomic mass is 9.97. The van der Waals surface area contributed by atoms with Crippen molar-refractivity contribution in [2.75, 3.05) is 27.2 Å². The van der Waals surface area contributed by atoms with E-state index in [1.165, 1.54) is 0 Å². The zero-order valence-corrected chi connectivity index (χ0v) is 14.1. The van der Waals surface area contributed by atoms with Gasteiger partial charge in [-0.3, -0.25) is 0 Å². The van der Waals surface area contributed by atoms with Crippen molar-refractivity contribution in [3.8, 4) is 11.4 Å². The number of carbonyl (C=O) groups is 1. The number of likely N-dealkylation sites (tertiary alicyclic amines) is 1. The average Bonchev–Trinajstić information content (AvgIpc) is 3.11. The summed E-state index contributed by atoms with van der Waals surface area (Å²) in [6.07, 6.45) is 1.68. The Morgan fingerprint density at radius 3 is 2.54 bits per heavy atom. The zero-order valence-electron chi connectivity index (χ0n) is 14.1. The molecule has 1 aromatic heterocycles. The van der Waals surface area contributed by atoms with Crippen molar-refractivity contribution in [3.63, 3.8) is 0 Å². The van der Waals surface area contributed by atoms with E-state index in [-0.39, 0.29) is 11.9 Å². The highest BCUT2D eigenvalue weighted by molar-refractivity contribution is 5.73. The molecule has 1 aliphatic heterocycles. The molecule has 128 valence electrons. The predicted octanol–water partition coefficient (Wildman–Crippen LogP) is 2.06. The van der Waals surface area contributed by atoms with Gasteiger partial charge in [0.15, 0.2) is 0 Å². The number of nitrogens with zero attached hydrogens (tertiary/aromatic N) is 4. The number of hydrogen-bond acceptors (Lipinski definition) is 5. The van der Waals surface area contributed by atoms with Gasteiger partial charge < -0.3 is 20.1 Å². The SMILES string of the molecule is CN(C)C(=O)N1CCC(c2nc(-c3ccc(CN)cc3)no2)CC1. The Hall–Kier alpha value is -2.41. The molecule has 0 atom stereocenters. The van der Waals surface area contributed by atoms with Gasteiger partial charge in [-0.2, -0.15) is 4.98 Å². The van der Waals surface area contributed by atoms with Crippen molar-refractivity contribution in [2.24, 2.45) is 5.73 Å². The predicted molar refractivity (Wildman–Crippen MR) is 90.3 cm³/mol. The van der Waals surface area contributed by atoms with Gasteiger partial charge in [0.2, 0.25) is 11.7 Å². The highest BCUT2D eigenvalue weighted by Gasteiger charge is 2.28. The van der Waals surface area contributed by atoms with E-state index in [0.29, 0.717) is 31.3 Å². The highest BCUT2D eigenvalue weighted by Crippen LogP contribution is 2.28. The van der Waals surface area contributed by atoms with Crippen molar-refractivity contribution in [1.82, 2.24) is 19.9 Å². The summed E-state index contributed by atoms with van der Waals surface area (Å²) in [4.78, 5) is 20.0. The Morgan fingerprint density at radius 2 is 1.96 bits per heavy atom. The highest BCUT2D eigenvalue weighted by atomic mass is 16.5. The molecule has 7 nitrogen and oxygen atoms in total. The minimum atomic E-state index is 0.0552. The van der Waals surface area contributed by atoms with E-state index in [0.717, 1.165) is 24.0 Å². The minimum absolute atomic E-state index is 0.0552. The van der Waals surface area contributed by atoms with Crippen LogP contribution in [0.15, 0.2) is 28.8 Å². The van der Waals surface area contributed by atoms with E-state index in [9.17, 15) is 4.79 Å². The fourth-order valence-corrected chi connectivity index (χ4v) is 2.91. The first-order chi connectivity index (χ1) is 11.6. The summed E-state index contributed by atoms with van der Waals surface area (Å²) in [7, 11) is 3.54. The van der Waals surface area contributed by atoms with Crippen LogP contribution in [0.25, 0.3) is 11.4 Å². The monoisotopic (exact) mass is 329 g/mol. The fourth-order valence-electron chi connectivity index (χ4n) is 2.91. The van der Waals surface area contributed by atoms with Crippen LogP contribution >= 0.6 is 0 Å². The lowest BCUT2D eigenvalue weighted by molar-refractivity contribution is 0.152. The average molecular weight is 329 g/mol. The molecular weight excluding hydrogens is 306 g/mol. The van der Waals surface area contributed by atoms with E-state index < -0.39 is 0 Å². The molecule has 0 unspecified atom stereocenters. The van der Waals surface area contributed by atoms with Crippen LogP contribution in [0.1, 0.15) is 30.2 Å². The molecule has 2 aromatic rings. The third-order valence-electron chi connectivity index (χ3n) is 4.39. The number of nitrogens with two attached hydrogens (primary N) is 1. The first kappa shape index (κ1) is 16.4. The first-order valence-corrected chi connectivity index (χ1v) is 8.17. The number of aromatic nitrogens is 2. The number of rotatable bonds is 3. The number of amides is 2. The summed E-state index contributed by atoms with van der Waals surface area (Å²) in [5.74, 6) is 1.46. The normalized spacial score (nSPS) is 15.5. The van der Waals surface area contributed by atoms with Crippen LogP contribution in [-0.2, 0) is 6.54 Å². The maximum absolute atomic E-state index is 12.0. The Bertz CT molecular complexity index is 687. The van der Waals surface area contributed by atoms with Crippen molar-refractivity contribution < 1.29 is 9.32 Å². The number of piperidine rings is 1. The van der Waals surface area contributed by atoms with Crippen molar-refractivity contribution in [1.29, 1.82) is 0 Å². The summed E-state index contributed by atoms with van der Waals surface area (Å²) in [6, 6.07) is 7.90. The van der Waals surface area contributed by atoms with Crippen LogP contribution < -0.4 is 5.73 Å². The Labute approximate surface area is 141 Å². The van der Waals surface area contributed by atoms with Gasteiger partial charge >= 0.3 is 6.03 Å². The standard InChI is InChI=1S/C17H23N5O2/c1-21(2)17(23)22-9-7-14(8-10-22)16-19-15(20-24-16)13-5-3-12(11-18)4-6-13/h3-6,14H,7-11,18H2,1-2H3. The topological polar surface area (TPSA) is 88.5 Å². The number of hydrogen-bond donors (Lipinski definition) is 1. The smallest absolute Gasteiger partial charge is 0.319 e. The van der Waals surface area contributed by atoms with E-state index in [1.54, 1.807) is 19.0 Å². The van der Waals surface area contributed by atoms with Crippen molar-refractivity contribution >= 4 is 6.03 Å². The largest absolute Gasteiger partial charge is 0.339 e. The van der Waals surface area contributed by atoms with Crippen LogP contribution in [0, 0.1) is 0 Å². The summed E-state index contributed by atoms with van der Waals surface area (Å²) >= 11 is 0. The van der Waals surface area contributed by atoms with Crippen LogP contribution in [0.5, 0.6) is 0 Å². The van der Waals surface area contributed by atoms with E-state index in [4.69, 9.17) is 10.3 Å². The third kappa shape index (κ3) is 3.41. The van der Waals surface area contributed by atoms with Gasteiger partial charge in [-0.25, -0.2) is 4.79 Å². The summed E-state index contributed by atoms with van der Waals surface area (Å²) in [5.41, 5.74) is 7.60. The van der Waals surface area contributed by atoms with Gasteiger partial charge in [0.25, 0.3) is 0 Å². The minimum Gasteiger partial charge on any atom is -0.339 e. The molecule has 1 saturated heterocycles. The maximum atomic E-state index is 12.0. The molecule has 0 bridgehead atoms. The van der Waals surface area contributed by atoms with Crippen LogP contribution in [0.4, 0.5) is 4.79 Å². The van der Waals surface area contributed by atoms with Gasteiger partial charge in [0, 0.05) is 45.2 Å². The summed E-state index contributed by atoms with van der Waals surface area (Å²) in [6.45, 7) is 1.94. The molecule has 24 heavy (non-hydrogen) atoms. The maximum Gasteiger partial charge on any atom is 0.319 e. The second kappa shape index (κ2) is 7.00. The summed E-state index contributed by atoms with van der Waals surface area (Å²) in [5, 5.41) is 4.09. The molecule has 3 rings (SSSR count). The fraction of sp³-hybridized carbons (Fsp3) is 0.471. The van der Waals surface area contributed by atoms with E-state index in [2.05, 4.69) is 10.1 Å². The zero-order chi connectivity index (χ0) is 17.1. The Morgan fingerprint density at radius 1 is 1.29 bits per heavy atom. The molecular formula is C17H23N5O2. The molecule has 0 aliphatic carbocycles. The number of urea groups is 1. The molecule has 1 aliphatic rings. The lowest BCUT2D eigenvalue weighted by Gasteiger charge is -2.32. The number of carbonyl (C=O) groups excluding carboxylic acids is 1. The molecule has 1 aromatic carbocycles. The van der Waals surface area contributed by atoms with Crippen molar-refractivity contribution in [2.45, 2.75) is 25.3 Å². The molecule has 1 fully saturated rings. The third-order valence-corrected chi connectivity index (χ3v) is 4.39. The first-order valence-electron chi connectivity index (χ1n) is 8.17. The second-order valence-electron chi connectivity index (χ2n) is 6.30. The molecule has 0 saturated carbocycles. The van der Waals surface area contributed by atoms with Gasteiger partial charge in [-0.05, 0) is 18.4 Å². The lowest BCUT2D eigenvalue weighted by Crippen LogP contribution is -2.43. The van der Waals surface area contributed by atoms with Gasteiger partial charge in [-0.1, -0.05) is 29.4 Å². The molecule has 2 N–H and O–H groups in total. The Balaban J connectivity index is 1.65.